The van der Waals surface area contributed by atoms with Gasteiger partial charge in [0.2, 0.25) is 0 Å². The molecule has 0 aromatic carbocycles. The predicted molar refractivity (Wildman–Crippen MR) is 53.0 cm³/mol. The van der Waals surface area contributed by atoms with Crippen LogP contribution in [-0.4, -0.2) is 24.8 Å². The number of hydrogen-bond acceptors (Lipinski definition) is 5. The molecule has 0 bridgehead atoms. The molecule has 2 heterocycles. The fourth-order valence-corrected chi connectivity index (χ4v) is 1.21. The third-order valence-electron chi connectivity index (χ3n) is 2.07. The van der Waals surface area contributed by atoms with Gasteiger partial charge in [-0.05, 0) is 22.6 Å². The average molecular weight is 206 g/mol. The molecule has 78 valence electrons. The van der Waals surface area contributed by atoms with Crippen molar-refractivity contribution in [1.29, 1.82) is 0 Å². The number of rotatable bonds is 2. The predicted octanol–water partition coefficient (Wildman–Crippen LogP) is -0.998. The number of nitrogens with two attached hydrogens (primary N) is 1. The van der Waals surface area contributed by atoms with Crippen molar-refractivity contribution in [2.45, 2.75) is 6.54 Å². The van der Waals surface area contributed by atoms with E-state index >= 15 is 0 Å². The van der Waals surface area contributed by atoms with Gasteiger partial charge in [-0.25, -0.2) is 4.68 Å². The molecule has 0 fully saturated rings. The first kappa shape index (κ1) is 9.38. The zero-order valence-corrected chi connectivity index (χ0v) is 8.16. The van der Waals surface area contributed by atoms with E-state index in [9.17, 15) is 4.79 Å². The minimum atomic E-state index is -0.236. The third-order valence-corrected chi connectivity index (χ3v) is 2.07. The normalized spacial score (nSPS) is 10.5. The topological polar surface area (TPSA) is 91.6 Å². The Morgan fingerprint density at radius 2 is 2.33 bits per heavy atom. The second kappa shape index (κ2) is 3.52. The molecule has 0 radical (unpaired) electrons. The minimum Gasteiger partial charge on any atom is -0.394 e. The maximum absolute atomic E-state index is 11.6. The van der Waals surface area contributed by atoms with Crippen molar-refractivity contribution >= 4 is 5.69 Å². The quantitative estimate of drug-likeness (QED) is 0.680. The lowest BCUT2D eigenvalue weighted by molar-refractivity contribution is 0.635. The molecule has 7 nitrogen and oxygen atoms in total. The molecule has 0 aliphatic rings. The third kappa shape index (κ3) is 1.71. The molecule has 0 saturated heterocycles. The Hall–Kier alpha value is -2.18. The van der Waals surface area contributed by atoms with E-state index in [0.29, 0.717) is 12.4 Å². The van der Waals surface area contributed by atoms with Gasteiger partial charge in [0.05, 0.1) is 12.2 Å². The molecule has 15 heavy (non-hydrogen) atoms. The Kier molecular flexibility index (Phi) is 2.20. The van der Waals surface area contributed by atoms with Gasteiger partial charge in [0, 0.05) is 13.2 Å². The molecule has 0 spiro atoms. The van der Waals surface area contributed by atoms with Crippen molar-refractivity contribution in [3.05, 3.63) is 34.5 Å². The van der Waals surface area contributed by atoms with Crippen LogP contribution in [0.15, 0.2) is 23.1 Å². The van der Waals surface area contributed by atoms with E-state index in [1.807, 2.05) is 0 Å². The molecule has 0 amide bonds. The van der Waals surface area contributed by atoms with Crippen molar-refractivity contribution < 1.29 is 0 Å². The van der Waals surface area contributed by atoms with Gasteiger partial charge in [0.1, 0.15) is 0 Å². The van der Waals surface area contributed by atoms with E-state index in [0.717, 1.165) is 0 Å². The van der Waals surface area contributed by atoms with Crippen LogP contribution in [0.5, 0.6) is 0 Å². The molecule has 2 aromatic heterocycles. The average Bonchev–Trinajstić information content (AvgIpc) is 2.60. The fraction of sp³-hybridized carbons (Fsp3) is 0.250. The van der Waals surface area contributed by atoms with Crippen LogP contribution in [-0.2, 0) is 13.6 Å². The lowest BCUT2D eigenvalue weighted by Gasteiger charge is -2.04. The monoisotopic (exact) mass is 206 g/mol. The van der Waals surface area contributed by atoms with Crippen LogP contribution in [0.3, 0.4) is 0 Å². The Balaban J connectivity index is 2.37. The van der Waals surface area contributed by atoms with Gasteiger partial charge < -0.3 is 10.3 Å². The Morgan fingerprint density at radius 1 is 1.53 bits per heavy atom. The molecular weight excluding hydrogens is 196 g/mol. The molecule has 0 aliphatic carbocycles. The fourth-order valence-electron chi connectivity index (χ4n) is 1.21. The highest BCUT2D eigenvalue weighted by atomic mass is 16.1. The number of aryl methyl sites for hydroxylation is 1. The van der Waals surface area contributed by atoms with Crippen LogP contribution in [0.4, 0.5) is 5.69 Å². The maximum Gasteiger partial charge on any atom is 0.274 e. The van der Waals surface area contributed by atoms with Crippen LogP contribution in [0.25, 0.3) is 0 Å². The molecular formula is C8H10N6O. The van der Waals surface area contributed by atoms with Crippen LogP contribution < -0.4 is 11.3 Å². The highest BCUT2D eigenvalue weighted by Gasteiger charge is 2.05. The summed E-state index contributed by atoms with van der Waals surface area (Å²) in [5.41, 5.74) is 5.48. The van der Waals surface area contributed by atoms with E-state index < -0.39 is 0 Å². The summed E-state index contributed by atoms with van der Waals surface area (Å²) in [5, 5.41) is 10.9. The van der Waals surface area contributed by atoms with Gasteiger partial charge >= 0.3 is 0 Å². The molecule has 7 heteroatoms. The standard InChI is InChI=1S/C8H10N6O/c1-13-7(10-11-12-13)5-14-4-2-3-6(9)8(14)15/h2-4H,5,9H2,1H3. The van der Waals surface area contributed by atoms with Gasteiger partial charge in [-0.15, -0.1) is 5.10 Å². The molecule has 0 aliphatic heterocycles. The Bertz CT molecular complexity index is 528. The summed E-state index contributed by atoms with van der Waals surface area (Å²) in [6.45, 7) is 0.313. The van der Waals surface area contributed by atoms with Gasteiger partial charge in [-0.1, -0.05) is 0 Å². The summed E-state index contributed by atoms with van der Waals surface area (Å²) in [5.74, 6) is 0.600. The molecule has 2 rings (SSSR count). The number of aromatic nitrogens is 5. The SMILES string of the molecule is Cn1nnnc1Cn1cccc(N)c1=O. The van der Waals surface area contributed by atoms with E-state index in [1.165, 1.54) is 9.25 Å². The minimum absolute atomic E-state index is 0.215. The second-order valence-electron chi connectivity index (χ2n) is 3.12. The van der Waals surface area contributed by atoms with Gasteiger partial charge in [0.25, 0.3) is 5.56 Å². The number of pyridine rings is 1. The maximum atomic E-state index is 11.6. The first-order valence-corrected chi connectivity index (χ1v) is 4.34. The first-order valence-electron chi connectivity index (χ1n) is 4.34. The van der Waals surface area contributed by atoms with Gasteiger partial charge in [0.15, 0.2) is 5.82 Å². The first-order chi connectivity index (χ1) is 7.18. The largest absolute Gasteiger partial charge is 0.394 e. The summed E-state index contributed by atoms with van der Waals surface area (Å²) in [4.78, 5) is 11.6. The van der Waals surface area contributed by atoms with Crippen molar-refractivity contribution in [2.75, 3.05) is 5.73 Å². The number of nitrogen functional groups attached to an aromatic ring is 1. The van der Waals surface area contributed by atoms with E-state index in [1.54, 1.807) is 25.4 Å². The Morgan fingerprint density at radius 3 is 3.00 bits per heavy atom. The van der Waals surface area contributed by atoms with Crippen molar-refractivity contribution in [3.63, 3.8) is 0 Å². The summed E-state index contributed by atoms with van der Waals surface area (Å²) >= 11 is 0. The lowest BCUT2D eigenvalue weighted by atomic mass is 10.4. The van der Waals surface area contributed by atoms with Crippen molar-refractivity contribution in [2.24, 2.45) is 7.05 Å². The van der Waals surface area contributed by atoms with Gasteiger partial charge in [-0.3, -0.25) is 4.79 Å². The molecule has 0 unspecified atom stereocenters. The van der Waals surface area contributed by atoms with Crippen LogP contribution >= 0.6 is 0 Å². The van der Waals surface area contributed by atoms with E-state index in [-0.39, 0.29) is 11.2 Å². The van der Waals surface area contributed by atoms with Crippen LogP contribution in [0.2, 0.25) is 0 Å². The van der Waals surface area contributed by atoms with Crippen molar-refractivity contribution in [3.8, 4) is 0 Å². The second-order valence-corrected chi connectivity index (χ2v) is 3.12. The van der Waals surface area contributed by atoms with Crippen molar-refractivity contribution in [1.82, 2.24) is 24.8 Å². The van der Waals surface area contributed by atoms with E-state index in [4.69, 9.17) is 5.73 Å². The summed E-state index contributed by atoms with van der Waals surface area (Å²) in [6, 6.07) is 3.27. The highest BCUT2D eigenvalue weighted by molar-refractivity contribution is 5.33. The van der Waals surface area contributed by atoms with Crippen LogP contribution in [0, 0.1) is 0 Å². The zero-order valence-electron chi connectivity index (χ0n) is 8.16. The number of nitrogens with zero attached hydrogens (tertiary/aromatic N) is 5. The summed E-state index contributed by atoms with van der Waals surface area (Å²) in [6.07, 6.45) is 1.65. The summed E-state index contributed by atoms with van der Waals surface area (Å²) in [7, 11) is 1.71. The van der Waals surface area contributed by atoms with E-state index in [2.05, 4.69) is 15.5 Å². The van der Waals surface area contributed by atoms with Gasteiger partial charge in [-0.2, -0.15) is 0 Å². The number of tetrazole rings is 1. The molecule has 2 N–H and O–H groups in total. The van der Waals surface area contributed by atoms with Crippen LogP contribution in [0.1, 0.15) is 5.82 Å². The molecule has 0 atom stereocenters. The summed E-state index contributed by atoms with van der Waals surface area (Å²) < 4.78 is 2.97. The zero-order chi connectivity index (χ0) is 10.8. The highest BCUT2D eigenvalue weighted by Crippen LogP contribution is 1.96. The number of anilines is 1. The molecule has 2 aromatic rings. The number of hydrogen-bond donors (Lipinski definition) is 1. The lowest BCUT2D eigenvalue weighted by Crippen LogP contribution is -2.23. The Labute approximate surface area is 85.1 Å². The smallest absolute Gasteiger partial charge is 0.274 e. The molecule has 0 saturated carbocycles.